The highest BCUT2D eigenvalue weighted by Crippen LogP contribution is 2.46. The third kappa shape index (κ3) is 3.61. The van der Waals surface area contributed by atoms with Crippen LogP contribution in [-0.4, -0.2) is 0 Å². The summed E-state index contributed by atoms with van der Waals surface area (Å²) >= 11 is 0. The molecule has 1 aromatic carbocycles. The van der Waals surface area contributed by atoms with Crippen LogP contribution in [0.15, 0.2) is 55.1 Å². The highest BCUT2D eigenvalue weighted by molar-refractivity contribution is 5.75. The molecule has 22 heavy (non-hydrogen) atoms. The van der Waals surface area contributed by atoms with Gasteiger partial charge in [-0.2, -0.15) is 0 Å². The van der Waals surface area contributed by atoms with Crippen LogP contribution < -0.4 is 0 Å². The molecule has 0 aliphatic carbocycles. The van der Waals surface area contributed by atoms with Crippen molar-refractivity contribution in [3.05, 3.63) is 66.3 Å². The summed E-state index contributed by atoms with van der Waals surface area (Å²) in [5.41, 5.74) is 4.37. The van der Waals surface area contributed by atoms with E-state index in [9.17, 15) is 0 Å². The van der Waals surface area contributed by atoms with Crippen molar-refractivity contribution in [2.45, 2.75) is 59.8 Å². The second-order valence-electron chi connectivity index (χ2n) is 6.86. The van der Waals surface area contributed by atoms with E-state index in [1.165, 1.54) is 23.1 Å². The highest BCUT2D eigenvalue weighted by Gasteiger charge is 2.39. The zero-order valence-electron chi connectivity index (χ0n) is 15.2. The van der Waals surface area contributed by atoms with Gasteiger partial charge in [0.05, 0.1) is 0 Å². The molecule has 0 aromatic heterocycles. The lowest BCUT2D eigenvalue weighted by Crippen LogP contribution is -2.38. The first-order chi connectivity index (χ1) is 10.4. The van der Waals surface area contributed by atoms with E-state index in [0.717, 1.165) is 6.42 Å². The van der Waals surface area contributed by atoms with E-state index in [1.54, 1.807) is 0 Å². The van der Waals surface area contributed by atoms with Crippen molar-refractivity contribution < 1.29 is 0 Å². The standard InChI is InChI=1S/C22H32/c1-8-12-18(13-9-2)19-14-16-20(17-15-19)22(7,11-4)21(5,6)10-3/h8-9,12-17H,1,10-11H2,2-7H3/b13-9-,18-12+. The molecule has 120 valence electrons. The minimum absolute atomic E-state index is 0.198. The van der Waals surface area contributed by atoms with Gasteiger partial charge in [-0.25, -0.2) is 0 Å². The lowest BCUT2D eigenvalue weighted by atomic mass is 9.60. The molecule has 0 bridgehead atoms. The molecule has 0 saturated heterocycles. The average Bonchev–Trinajstić information content (AvgIpc) is 2.53. The molecular weight excluding hydrogens is 264 g/mol. The molecule has 0 aliphatic rings. The number of rotatable bonds is 7. The molecular formula is C22H32. The normalized spacial score (nSPS) is 15.8. The van der Waals surface area contributed by atoms with Gasteiger partial charge < -0.3 is 0 Å². The fourth-order valence-corrected chi connectivity index (χ4v) is 3.05. The van der Waals surface area contributed by atoms with Gasteiger partial charge in [-0.3, -0.25) is 0 Å². The lowest BCUT2D eigenvalue weighted by molar-refractivity contribution is 0.164. The van der Waals surface area contributed by atoms with Gasteiger partial charge in [0, 0.05) is 0 Å². The third-order valence-electron chi connectivity index (χ3n) is 5.58. The summed E-state index contributed by atoms with van der Waals surface area (Å²) in [6.45, 7) is 17.6. The van der Waals surface area contributed by atoms with E-state index in [2.05, 4.69) is 83.7 Å². The van der Waals surface area contributed by atoms with Crippen LogP contribution in [0.4, 0.5) is 0 Å². The largest absolute Gasteiger partial charge is 0.0990 e. The molecule has 0 radical (unpaired) electrons. The fraction of sp³-hybridized carbons (Fsp3) is 0.455. The Hall–Kier alpha value is -1.56. The predicted molar refractivity (Wildman–Crippen MR) is 101 cm³/mol. The molecule has 0 fully saturated rings. The minimum Gasteiger partial charge on any atom is -0.0990 e. The van der Waals surface area contributed by atoms with Crippen LogP contribution >= 0.6 is 0 Å². The van der Waals surface area contributed by atoms with Crippen molar-refractivity contribution in [2.24, 2.45) is 5.41 Å². The van der Waals surface area contributed by atoms with Gasteiger partial charge in [0.25, 0.3) is 0 Å². The summed E-state index contributed by atoms with van der Waals surface area (Å²) < 4.78 is 0. The van der Waals surface area contributed by atoms with Crippen molar-refractivity contribution in [3.63, 3.8) is 0 Å². The molecule has 0 heterocycles. The molecule has 0 spiro atoms. The van der Waals surface area contributed by atoms with Gasteiger partial charge in [0.15, 0.2) is 0 Å². The van der Waals surface area contributed by atoms with Crippen molar-refractivity contribution in [1.82, 2.24) is 0 Å². The second-order valence-corrected chi connectivity index (χ2v) is 6.86. The van der Waals surface area contributed by atoms with Crippen molar-refractivity contribution in [1.29, 1.82) is 0 Å². The summed E-state index contributed by atoms with van der Waals surface area (Å²) in [4.78, 5) is 0. The molecule has 1 atom stereocenters. The van der Waals surface area contributed by atoms with Gasteiger partial charge in [-0.1, -0.05) is 96.2 Å². The monoisotopic (exact) mass is 296 g/mol. The predicted octanol–water partition coefficient (Wildman–Crippen LogP) is 6.94. The van der Waals surface area contributed by atoms with E-state index in [4.69, 9.17) is 0 Å². The maximum atomic E-state index is 3.81. The van der Waals surface area contributed by atoms with Crippen molar-refractivity contribution in [3.8, 4) is 0 Å². The Balaban J connectivity index is 3.26. The van der Waals surface area contributed by atoms with Gasteiger partial charge in [0.2, 0.25) is 0 Å². The van der Waals surface area contributed by atoms with E-state index in [-0.39, 0.29) is 10.8 Å². The SMILES string of the molecule is C=C/C=C(\C=C/C)c1ccc(C(C)(CC)C(C)(C)CC)cc1. The van der Waals surface area contributed by atoms with E-state index in [1.807, 2.05) is 13.0 Å². The number of hydrogen-bond donors (Lipinski definition) is 0. The number of allylic oxidation sites excluding steroid dienone is 5. The Morgan fingerprint density at radius 2 is 1.64 bits per heavy atom. The quantitative estimate of drug-likeness (QED) is 0.478. The van der Waals surface area contributed by atoms with Gasteiger partial charge in [-0.15, -0.1) is 0 Å². The molecule has 0 N–H and O–H groups in total. The summed E-state index contributed by atoms with van der Waals surface area (Å²) in [7, 11) is 0. The van der Waals surface area contributed by atoms with E-state index >= 15 is 0 Å². The maximum absolute atomic E-state index is 3.81. The van der Waals surface area contributed by atoms with Gasteiger partial charge >= 0.3 is 0 Å². The van der Waals surface area contributed by atoms with Gasteiger partial charge in [0.1, 0.15) is 0 Å². The summed E-state index contributed by atoms with van der Waals surface area (Å²) in [5.74, 6) is 0. The van der Waals surface area contributed by atoms with Crippen molar-refractivity contribution >= 4 is 5.57 Å². The number of hydrogen-bond acceptors (Lipinski definition) is 0. The van der Waals surface area contributed by atoms with E-state index < -0.39 is 0 Å². The van der Waals surface area contributed by atoms with Crippen LogP contribution in [0.1, 0.15) is 65.5 Å². The van der Waals surface area contributed by atoms with Crippen LogP contribution in [0.5, 0.6) is 0 Å². The minimum atomic E-state index is 0.198. The molecule has 0 heteroatoms. The molecule has 0 saturated carbocycles. The first kappa shape index (κ1) is 18.5. The van der Waals surface area contributed by atoms with Crippen molar-refractivity contribution in [2.75, 3.05) is 0 Å². The Bertz CT molecular complexity index is 540. The Morgan fingerprint density at radius 1 is 1.05 bits per heavy atom. The van der Waals surface area contributed by atoms with Crippen LogP contribution in [0.3, 0.4) is 0 Å². The molecule has 0 amide bonds. The fourth-order valence-electron chi connectivity index (χ4n) is 3.05. The Labute approximate surface area is 137 Å². The first-order valence-corrected chi connectivity index (χ1v) is 8.42. The van der Waals surface area contributed by atoms with Crippen LogP contribution in [-0.2, 0) is 5.41 Å². The zero-order chi connectivity index (χ0) is 16.8. The van der Waals surface area contributed by atoms with Gasteiger partial charge in [-0.05, 0) is 40.9 Å². The molecule has 0 aliphatic heterocycles. The lowest BCUT2D eigenvalue weighted by Gasteiger charge is -2.44. The Kier molecular flexibility index (Phi) is 6.41. The molecule has 1 rings (SSSR count). The first-order valence-electron chi connectivity index (χ1n) is 8.42. The topological polar surface area (TPSA) is 0 Å². The highest BCUT2D eigenvalue weighted by atomic mass is 14.4. The molecule has 1 unspecified atom stereocenters. The summed E-state index contributed by atoms with van der Waals surface area (Å²) in [6.07, 6.45) is 10.4. The van der Waals surface area contributed by atoms with E-state index in [0.29, 0.717) is 0 Å². The Morgan fingerprint density at radius 3 is 2.05 bits per heavy atom. The van der Waals surface area contributed by atoms with Crippen LogP contribution in [0, 0.1) is 5.41 Å². The summed E-state index contributed by atoms with van der Waals surface area (Å²) in [5, 5.41) is 0. The van der Waals surface area contributed by atoms with Crippen LogP contribution in [0.2, 0.25) is 0 Å². The van der Waals surface area contributed by atoms with Crippen LogP contribution in [0.25, 0.3) is 5.57 Å². The number of benzene rings is 1. The average molecular weight is 296 g/mol. The molecule has 1 aromatic rings. The third-order valence-corrected chi connectivity index (χ3v) is 5.58. The summed E-state index contributed by atoms with van der Waals surface area (Å²) in [6, 6.07) is 9.09. The zero-order valence-corrected chi connectivity index (χ0v) is 15.2. The second kappa shape index (κ2) is 7.63. The smallest absolute Gasteiger partial charge is 0.00269 e. The molecule has 0 nitrogen and oxygen atoms in total. The maximum Gasteiger partial charge on any atom is -0.00269 e.